The van der Waals surface area contributed by atoms with E-state index in [0.29, 0.717) is 64.6 Å². The first kappa shape index (κ1) is 28.9. The Labute approximate surface area is 247 Å². The van der Waals surface area contributed by atoms with E-state index in [2.05, 4.69) is 0 Å². The van der Waals surface area contributed by atoms with Gasteiger partial charge in [-0.15, -0.1) is 0 Å². The molecule has 1 atom stereocenters. The number of Topliss-reactive ketones (excluding diaryl/α,β-unsaturated/α-hetero) is 1. The molecule has 1 unspecified atom stereocenters. The smallest absolute Gasteiger partial charge is 0.301 e. The first-order valence-corrected chi connectivity index (χ1v) is 14.6. The number of hydrogen-bond acceptors (Lipinski definition) is 9. The van der Waals surface area contributed by atoms with Crippen molar-refractivity contribution in [2.75, 3.05) is 31.8 Å². The molecule has 2 heterocycles. The highest BCUT2D eigenvalue weighted by Gasteiger charge is 2.48. The number of carbonyl (C=O) groups excluding carboxylic acids is 2. The van der Waals surface area contributed by atoms with Crippen molar-refractivity contribution in [2.24, 2.45) is 0 Å². The fraction of sp³-hybridized carbons (Fsp3) is 0.281. The average Bonchev–Trinajstić information content (AvgIpc) is 3.54. The van der Waals surface area contributed by atoms with Crippen molar-refractivity contribution in [2.45, 2.75) is 33.2 Å². The first-order valence-electron chi connectivity index (χ1n) is 13.8. The van der Waals surface area contributed by atoms with Crippen LogP contribution in [0.2, 0.25) is 0 Å². The molecule has 0 aliphatic carbocycles. The van der Waals surface area contributed by atoms with Crippen LogP contribution in [0.4, 0.5) is 5.13 Å². The van der Waals surface area contributed by atoms with Crippen LogP contribution in [0.3, 0.4) is 0 Å². The van der Waals surface area contributed by atoms with Crippen molar-refractivity contribution in [1.29, 1.82) is 0 Å². The highest BCUT2D eigenvalue weighted by Crippen LogP contribution is 2.46. The monoisotopic (exact) mass is 588 g/mol. The fourth-order valence-electron chi connectivity index (χ4n) is 4.80. The third-order valence-corrected chi connectivity index (χ3v) is 7.74. The van der Waals surface area contributed by atoms with Gasteiger partial charge in [-0.25, -0.2) is 4.98 Å². The summed E-state index contributed by atoms with van der Waals surface area (Å²) in [5.74, 6) is 0.403. The zero-order valence-corrected chi connectivity index (χ0v) is 24.7. The molecule has 0 spiro atoms. The van der Waals surface area contributed by atoms with Gasteiger partial charge in [0.15, 0.2) is 16.6 Å². The van der Waals surface area contributed by atoms with Crippen LogP contribution in [0.25, 0.3) is 16.0 Å². The van der Waals surface area contributed by atoms with Crippen LogP contribution in [-0.2, 0) is 9.59 Å². The number of benzene rings is 3. The number of aliphatic hydroxyl groups excluding tert-OH is 1. The number of ketones is 1. The minimum Gasteiger partial charge on any atom is -0.507 e. The van der Waals surface area contributed by atoms with Gasteiger partial charge in [-0.1, -0.05) is 24.3 Å². The van der Waals surface area contributed by atoms with Gasteiger partial charge in [0.2, 0.25) is 0 Å². The molecule has 10 heteroatoms. The van der Waals surface area contributed by atoms with Crippen LogP contribution < -0.4 is 23.8 Å². The Morgan fingerprint density at radius 1 is 0.905 bits per heavy atom. The van der Waals surface area contributed by atoms with Gasteiger partial charge in [-0.05, 0) is 80.4 Å². The fourth-order valence-corrected chi connectivity index (χ4v) is 5.82. The van der Waals surface area contributed by atoms with Gasteiger partial charge in [0.1, 0.15) is 17.3 Å². The van der Waals surface area contributed by atoms with E-state index in [1.165, 1.54) is 16.2 Å². The van der Waals surface area contributed by atoms with E-state index in [1.54, 1.807) is 49.6 Å². The zero-order chi connectivity index (χ0) is 29.8. The maximum Gasteiger partial charge on any atom is 0.301 e. The second-order valence-corrected chi connectivity index (χ2v) is 10.5. The summed E-state index contributed by atoms with van der Waals surface area (Å²) < 4.78 is 23.4. The minimum absolute atomic E-state index is 0.0518. The van der Waals surface area contributed by atoms with E-state index >= 15 is 0 Å². The predicted molar refractivity (Wildman–Crippen MR) is 162 cm³/mol. The molecule has 42 heavy (non-hydrogen) atoms. The Hall–Kier alpha value is -4.57. The summed E-state index contributed by atoms with van der Waals surface area (Å²) in [5, 5.41) is 11.8. The molecule has 218 valence electrons. The van der Waals surface area contributed by atoms with Crippen LogP contribution in [0, 0.1) is 0 Å². The number of carbonyl (C=O) groups is 2. The molecular weight excluding hydrogens is 556 g/mol. The molecule has 3 aromatic carbocycles. The lowest BCUT2D eigenvalue weighted by Gasteiger charge is -2.24. The number of thiazole rings is 1. The molecule has 4 aromatic rings. The van der Waals surface area contributed by atoms with E-state index in [1.807, 2.05) is 39.0 Å². The Kier molecular flexibility index (Phi) is 8.63. The second-order valence-electron chi connectivity index (χ2n) is 9.44. The van der Waals surface area contributed by atoms with Gasteiger partial charge >= 0.3 is 5.91 Å². The zero-order valence-electron chi connectivity index (χ0n) is 23.9. The first-order chi connectivity index (χ1) is 20.4. The number of aliphatic hydroxyl groups is 1. The van der Waals surface area contributed by atoms with Crippen molar-refractivity contribution in [3.63, 3.8) is 0 Å². The van der Waals surface area contributed by atoms with E-state index in [0.717, 1.165) is 11.1 Å². The molecule has 9 nitrogen and oxygen atoms in total. The topological polar surface area (TPSA) is 107 Å². The molecule has 0 radical (unpaired) electrons. The van der Waals surface area contributed by atoms with Crippen molar-refractivity contribution in [1.82, 2.24) is 4.98 Å². The standard InChI is InChI=1S/C32H32N2O7S/c1-5-16-41-24-15-10-20(17-25(24)40-7-3)28-27(29(35)19-8-11-21(38-4)12-9-19)30(36)31(37)34(28)32-33-23-14-13-22(39-6-2)18-26(23)42-32/h8-15,17-18,28,35H,5-7,16H2,1-4H3/b29-27+. The minimum atomic E-state index is -0.974. The summed E-state index contributed by atoms with van der Waals surface area (Å²) >= 11 is 1.27. The number of hydrogen-bond donors (Lipinski definition) is 1. The number of methoxy groups -OCH3 is 1. The maximum absolute atomic E-state index is 13.7. The molecule has 1 aromatic heterocycles. The SMILES string of the molecule is CCCOc1ccc(C2/C(=C(\O)c3ccc(OC)cc3)C(=O)C(=O)N2c2nc3ccc(OCC)cc3s2)cc1OCC. The summed E-state index contributed by atoms with van der Waals surface area (Å²) in [6.07, 6.45) is 0.817. The molecule has 0 bridgehead atoms. The van der Waals surface area contributed by atoms with Gasteiger partial charge in [-0.3, -0.25) is 14.5 Å². The number of amides is 1. The number of aromatic nitrogens is 1. The summed E-state index contributed by atoms with van der Waals surface area (Å²) in [6.45, 7) is 7.18. The molecular formula is C32H32N2O7S. The Bertz CT molecular complexity index is 1640. The van der Waals surface area contributed by atoms with E-state index in [4.69, 9.17) is 23.9 Å². The lowest BCUT2D eigenvalue weighted by Crippen LogP contribution is -2.29. The summed E-state index contributed by atoms with van der Waals surface area (Å²) in [6, 6.07) is 16.4. The van der Waals surface area contributed by atoms with Gasteiger partial charge in [0.05, 0.1) is 48.8 Å². The van der Waals surface area contributed by atoms with Crippen molar-refractivity contribution < 1.29 is 33.6 Å². The largest absolute Gasteiger partial charge is 0.507 e. The maximum atomic E-state index is 13.7. The molecule has 0 saturated carbocycles. The highest BCUT2D eigenvalue weighted by molar-refractivity contribution is 7.22. The van der Waals surface area contributed by atoms with Crippen LogP contribution in [0.1, 0.15) is 44.4 Å². The van der Waals surface area contributed by atoms with E-state index < -0.39 is 17.7 Å². The Morgan fingerprint density at radius 3 is 2.33 bits per heavy atom. The van der Waals surface area contributed by atoms with Crippen molar-refractivity contribution in [3.8, 4) is 23.0 Å². The van der Waals surface area contributed by atoms with Crippen molar-refractivity contribution in [3.05, 3.63) is 77.4 Å². The quantitative estimate of drug-likeness (QED) is 0.120. The highest BCUT2D eigenvalue weighted by atomic mass is 32.1. The molecule has 1 fully saturated rings. The summed E-state index contributed by atoms with van der Waals surface area (Å²) in [4.78, 5) is 33.4. The lowest BCUT2D eigenvalue weighted by atomic mass is 9.95. The molecule has 1 N–H and O–H groups in total. The third-order valence-electron chi connectivity index (χ3n) is 6.72. The number of nitrogens with zero attached hydrogens (tertiary/aromatic N) is 2. The summed E-state index contributed by atoms with van der Waals surface area (Å²) in [5.41, 5.74) is 1.54. The normalized spacial score (nSPS) is 16.2. The van der Waals surface area contributed by atoms with Gasteiger partial charge < -0.3 is 24.1 Å². The molecule has 1 aliphatic heterocycles. The Morgan fingerprint density at radius 2 is 1.64 bits per heavy atom. The van der Waals surface area contributed by atoms with Gasteiger partial charge in [0.25, 0.3) is 5.78 Å². The Balaban J connectivity index is 1.69. The summed E-state index contributed by atoms with van der Waals surface area (Å²) in [7, 11) is 1.54. The second kappa shape index (κ2) is 12.5. The van der Waals surface area contributed by atoms with E-state index in [9.17, 15) is 14.7 Å². The number of fused-ring (bicyclic) bond motifs is 1. The van der Waals surface area contributed by atoms with Crippen LogP contribution in [-0.4, -0.2) is 48.7 Å². The van der Waals surface area contributed by atoms with Crippen LogP contribution >= 0.6 is 11.3 Å². The molecule has 1 amide bonds. The van der Waals surface area contributed by atoms with Gasteiger partial charge in [0, 0.05) is 5.56 Å². The number of anilines is 1. The number of ether oxygens (including phenoxy) is 4. The van der Waals surface area contributed by atoms with Gasteiger partial charge in [-0.2, -0.15) is 0 Å². The van der Waals surface area contributed by atoms with Crippen molar-refractivity contribution >= 4 is 44.1 Å². The number of rotatable bonds is 11. The molecule has 1 aliphatic rings. The lowest BCUT2D eigenvalue weighted by molar-refractivity contribution is -0.132. The molecule has 1 saturated heterocycles. The van der Waals surface area contributed by atoms with Crippen LogP contribution in [0.5, 0.6) is 23.0 Å². The average molecular weight is 589 g/mol. The van der Waals surface area contributed by atoms with E-state index in [-0.39, 0.29) is 11.3 Å². The third kappa shape index (κ3) is 5.49. The predicted octanol–water partition coefficient (Wildman–Crippen LogP) is 6.52. The molecule has 5 rings (SSSR count). The van der Waals surface area contributed by atoms with Crippen LogP contribution in [0.15, 0.2) is 66.2 Å².